The van der Waals surface area contributed by atoms with Crippen LogP contribution >= 0.6 is 0 Å². The molecule has 0 amide bonds. The van der Waals surface area contributed by atoms with Crippen molar-refractivity contribution in [2.45, 2.75) is 26.7 Å². The molecule has 0 radical (unpaired) electrons. The third-order valence-corrected chi connectivity index (χ3v) is 3.66. The molecule has 0 aromatic rings. The molecule has 0 saturated carbocycles. The summed E-state index contributed by atoms with van der Waals surface area (Å²) in [4.78, 5) is 2.47. The first-order valence-electron chi connectivity index (χ1n) is 6.53. The molecule has 0 aromatic carbocycles. The van der Waals surface area contributed by atoms with Crippen LogP contribution in [0.15, 0.2) is 0 Å². The van der Waals surface area contributed by atoms with Gasteiger partial charge in [0.05, 0.1) is 6.61 Å². The van der Waals surface area contributed by atoms with E-state index in [0.717, 1.165) is 32.2 Å². The normalized spacial score (nSPS) is 27.6. The Balaban J connectivity index is 2.42. The quantitative estimate of drug-likeness (QED) is 0.716. The predicted octanol–water partition coefficient (Wildman–Crippen LogP) is 1.59. The third-order valence-electron chi connectivity index (χ3n) is 3.66. The summed E-state index contributed by atoms with van der Waals surface area (Å²) < 4.78 is 5.58. The average molecular weight is 228 g/mol. The Kier molecular flexibility index (Phi) is 5.73. The lowest BCUT2D eigenvalue weighted by atomic mass is 9.86. The molecule has 1 aliphatic rings. The van der Waals surface area contributed by atoms with Crippen LogP contribution in [-0.4, -0.2) is 51.8 Å². The highest BCUT2D eigenvalue weighted by Gasteiger charge is 2.35. The minimum Gasteiger partial charge on any atom is -0.381 e. The predicted molar refractivity (Wildman–Crippen MR) is 68.7 cm³/mol. The van der Waals surface area contributed by atoms with Crippen LogP contribution < -0.4 is 5.32 Å². The maximum Gasteiger partial charge on any atom is 0.0547 e. The summed E-state index contributed by atoms with van der Waals surface area (Å²) in [5.41, 5.74) is 0.344. The fourth-order valence-electron chi connectivity index (χ4n) is 2.64. The maximum absolute atomic E-state index is 5.58. The summed E-state index contributed by atoms with van der Waals surface area (Å²) in [5, 5.41) is 3.32. The van der Waals surface area contributed by atoms with Crippen LogP contribution in [0.2, 0.25) is 0 Å². The van der Waals surface area contributed by atoms with Crippen molar-refractivity contribution < 1.29 is 4.74 Å². The molecule has 2 unspecified atom stereocenters. The molecule has 1 saturated heterocycles. The van der Waals surface area contributed by atoms with Crippen molar-refractivity contribution in [3.05, 3.63) is 0 Å². The zero-order chi connectivity index (χ0) is 12.0. The first-order chi connectivity index (χ1) is 7.62. The van der Waals surface area contributed by atoms with Gasteiger partial charge in [-0.15, -0.1) is 0 Å². The molecule has 16 heavy (non-hydrogen) atoms. The van der Waals surface area contributed by atoms with E-state index in [-0.39, 0.29) is 0 Å². The summed E-state index contributed by atoms with van der Waals surface area (Å²) in [7, 11) is 4.27. The Morgan fingerprint density at radius 2 is 2.25 bits per heavy atom. The second-order valence-corrected chi connectivity index (χ2v) is 5.54. The summed E-state index contributed by atoms with van der Waals surface area (Å²) in [5.74, 6) is 0.791. The van der Waals surface area contributed by atoms with Gasteiger partial charge in [-0.3, -0.25) is 0 Å². The molecule has 0 aromatic heterocycles. The molecule has 0 bridgehead atoms. The smallest absolute Gasteiger partial charge is 0.0547 e. The fraction of sp³-hybridized carbons (Fsp3) is 1.00. The Morgan fingerprint density at radius 1 is 1.50 bits per heavy atom. The molecule has 1 aliphatic heterocycles. The van der Waals surface area contributed by atoms with Crippen LogP contribution in [0.1, 0.15) is 26.7 Å². The SMILES string of the molecule is CCC(C)CN(C)CC1(CNC)CCOC1. The minimum atomic E-state index is 0.344. The van der Waals surface area contributed by atoms with Gasteiger partial charge in [0.1, 0.15) is 0 Å². The first kappa shape index (κ1) is 13.9. The Morgan fingerprint density at radius 3 is 2.75 bits per heavy atom. The van der Waals surface area contributed by atoms with E-state index in [1.165, 1.54) is 19.4 Å². The Bertz CT molecular complexity index is 190. The number of nitrogens with zero attached hydrogens (tertiary/aromatic N) is 1. The molecule has 0 spiro atoms. The highest BCUT2D eigenvalue weighted by Crippen LogP contribution is 2.28. The molecule has 2 atom stereocenters. The largest absolute Gasteiger partial charge is 0.381 e. The Labute approximate surface area is 101 Å². The molecule has 96 valence electrons. The van der Waals surface area contributed by atoms with E-state index < -0.39 is 0 Å². The lowest BCUT2D eigenvalue weighted by Gasteiger charge is -2.33. The molecule has 3 nitrogen and oxygen atoms in total. The van der Waals surface area contributed by atoms with Gasteiger partial charge >= 0.3 is 0 Å². The average Bonchev–Trinajstić information content (AvgIpc) is 2.66. The number of hydrogen-bond donors (Lipinski definition) is 1. The topological polar surface area (TPSA) is 24.5 Å². The lowest BCUT2D eigenvalue weighted by Crippen LogP contribution is -2.43. The number of rotatable bonds is 7. The number of nitrogens with one attached hydrogen (secondary N) is 1. The van der Waals surface area contributed by atoms with Gasteiger partial charge in [-0.25, -0.2) is 0 Å². The van der Waals surface area contributed by atoms with Gasteiger partial charge < -0.3 is 15.0 Å². The summed E-state index contributed by atoms with van der Waals surface area (Å²) >= 11 is 0. The van der Waals surface area contributed by atoms with E-state index in [9.17, 15) is 0 Å². The van der Waals surface area contributed by atoms with E-state index in [4.69, 9.17) is 4.74 Å². The van der Waals surface area contributed by atoms with Crippen molar-refractivity contribution in [1.82, 2.24) is 10.2 Å². The zero-order valence-corrected chi connectivity index (χ0v) is 11.4. The van der Waals surface area contributed by atoms with E-state index >= 15 is 0 Å². The van der Waals surface area contributed by atoms with Gasteiger partial charge in [-0.05, 0) is 26.4 Å². The minimum absolute atomic E-state index is 0.344. The van der Waals surface area contributed by atoms with Crippen LogP contribution in [0.25, 0.3) is 0 Å². The Hall–Kier alpha value is -0.120. The van der Waals surface area contributed by atoms with Gasteiger partial charge in [0.15, 0.2) is 0 Å². The molecule has 1 rings (SSSR count). The van der Waals surface area contributed by atoms with Crippen molar-refractivity contribution in [3.63, 3.8) is 0 Å². The van der Waals surface area contributed by atoms with E-state index in [1.54, 1.807) is 0 Å². The van der Waals surface area contributed by atoms with Gasteiger partial charge in [0.25, 0.3) is 0 Å². The summed E-state index contributed by atoms with van der Waals surface area (Å²) in [6, 6.07) is 0. The maximum atomic E-state index is 5.58. The van der Waals surface area contributed by atoms with E-state index in [2.05, 4.69) is 31.1 Å². The highest BCUT2D eigenvalue weighted by atomic mass is 16.5. The van der Waals surface area contributed by atoms with Crippen molar-refractivity contribution in [3.8, 4) is 0 Å². The standard InChI is InChI=1S/C13H28N2O/c1-5-12(2)8-15(4)10-13(9-14-3)6-7-16-11-13/h12,14H,5-11H2,1-4H3. The zero-order valence-electron chi connectivity index (χ0n) is 11.4. The van der Waals surface area contributed by atoms with E-state index in [0.29, 0.717) is 5.41 Å². The monoisotopic (exact) mass is 228 g/mol. The summed E-state index contributed by atoms with van der Waals surface area (Å²) in [6.45, 7) is 9.85. The van der Waals surface area contributed by atoms with Crippen LogP contribution in [0.4, 0.5) is 0 Å². The molecular formula is C13H28N2O. The van der Waals surface area contributed by atoms with Crippen molar-refractivity contribution >= 4 is 0 Å². The van der Waals surface area contributed by atoms with Crippen LogP contribution in [-0.2, 0) is 4.74 Å². The molecule has 3 heteroatoms. The number of ether oxygens (including phenoxy) is 1. The molecule has 1 fully saturated rings. The van der Waals surface area contributed by atoms with Gasteiger partial charge in [0.2, 0.25) is 0 Å². The summed E-state index contributed by atoms with van der Waals surface area (Å²) in [6.07, 6.45) is 2.46. The third kappa shape index (κ3) is 4.04. The molecule has 1 heterocycles. The van der Waals surface area contributed by atoms with Crippen LogP contribution in [0.5, 0.6) is 0 Å². The van der Waals surface area contributed by atoms with E-state index in [1.807, 2.05) is 7.05 Å². The lowest BCUT2D eigenvalue weighted by molar-refractivity contribution is 0.114. The van der Waals surface area contributed by atoms with Crippen LogP contribution in [0.3, 0.4) is 0 Å². The van der Waals surface area contributed by atoms with Crippen LogP contribution in [0, 0.1) is 11.3 Å². The van der Waals surface area contributed by atoms with Crippen molar-refractivity contribution in [2.24, 2.45) is 11.3 Å². The highest BCUT2D eigenvalue weighted by molar-refractivity contribution is 4.87. The molecular weight excluding hydrogens is 200 g/mol. The first-order valence-corrected chi connectivity index (χ1v) is 6.53. The van der Waals surface area contributed by atoms with Crippen molar-refractivity contribution in [2.75, 3.05) is 46.9 Å². The van der Waals surface area contributed by atoms with Crippen molar-refractivity contribution in [1.29, 1.82) is 0 Å². The molecule has 1 N–H and O–H groups in total. The second-order valence-electron chi connectivity index (χ2n) is 5.54. The van der Waals surface area contributed by atoms with Gasteiger partial charge in [-0.2, -0.15) is 0 Å². The fourth-order valence-corrected chi connectivity index (χ4v) is 2.64. The van der Waals surface area contributed by atoms with Gasteiger partial charge in [0, 0.05) is 31.7 Å². The van der Waals surface area contributed by atoms with Gasteiger partial charge in [-0.1, -0.05) is 20.3 Å². The number of hydrogen-bond acceptors (Lipinski definition) is 3. The second kappa shape index (κ2) is 6.58. The molecule has 0 aliphatic carbocycles.